The maximum atomic E-state index is 13.2. The van der Waals surface area contributed by atoms with Crippen LogP contribution < -0.4 is 4.90 Å². The molecular weight excluding hydrogens is 440 g/mol. The van der Waals surface area contributed by atoms with Crippen molar-refractivity contribution in [2.75, 3.05) is 12.0 Å². The number of carbonyl (C=O) groups excluding carboxylic acids is 3. The molecule has 33 heavy (non-hydrogen) atoms. The van der Waals surface area contributed by atoms with Gasteiger partial charge in [0.2, 0.25) is 0 Å². The van der Waals surface area contributed by atoms with Gasteiger partial charge in [0.1, 0.15) is 4.88 Å². The molecule has 166 valence electrons. The molecule has 0 fully saturated rings. The van der Waals surface area contributed by atoms with Crippen molar-refractivity contribution in [2.45, 2.75) is 13.0 Å². The fourth-order valence-electron chi connectivity index (χ4n) is 3.60. The van der Waals surface area contributed by atoms with Crippen LogP contribution in [0.25, 0.3) is 6.08 Å². The van der Waals surface area contributed by atoms with Crippen LogP contribution in [-0.2, 0) is 14.3 Å². The second-order valence-corrected chi connectivity index (χ2v) is 8.24. The van der Waals surface area contributed by atoms with Crippen LogP contribution in [0.4, 0.5) is 5.13 Å². The van der Waals surface area contributed by atoms with Gasteiger partial charge in [-0.05, 0) is 24.1 Å². The van der Waals surface area contributed by atoms with Crippen LogP contribution >= 0.6 is 11.3 Å². The first-order valence-electron chi connectivity index (χ1n) is 10.1. The molecule has 1 aliphatic rings. The summed E-state index contributed by atoms with van der Waals surface area (Å²) in [5, 5.41) is 10.9. The van der Waals surface area contributed by atoms with E-state index in [1.807, 2.05) is 36.4 Å². The minimum Gasteiger partial charge on any atom is -0.503 e. The lowest BCUT2D eigenvalue weighted by Crippen LogP contribution is -2.30. The lowest BCUT2D eigenvalue weighted by Gasteiger charge is -2.24. The molecule has 0 saturated heterocycles. The van der Waals surface area contributed by atoms with E-state index in [0.717, 1.165) is 16.9 Å². The number of methoxy groups -OCH3 is 1. The number of allylic oxidation sites excluding steroid dienone is 1. The average molecular weight is 461 g/mol. The Kier molecular flexibility index (Phi) is 6.19. The number of hydrogen-bond donors (Lipinski definition) is 1. The third kappa shape index (κ3) is 4.20. The molecule has 4 rings (SSSR count). The minimum atomic E-state index is -0.900. The van der Waals surface area contributed by atoms with Gasteiger partial charge in [0.15, 0.2) is 16.7 Å². The van der Waals surface area contributed by atoms with Gasteiger partial charge in [-0.3, -0.25) is 14.5 Å². The summed E-state index contributed by atoms with van der Waals surface area (Å²) in [5.74, 6) is -2.47. The van der Waals surface area contributed by atoms with Crippen molar-refractivity contribution in [1.29, 1.82) is 0 Å². The molecular formula is C25H20N2O5S. The maximum Gasteiger partial charge on any atom is 0.350 e. The smallest absolute Gasteiger partial charge is 0.350 e. The van der Waals surface area contributed by atoms with Crippen molar-refractivity contribution in [2.24, 2.45) is 0 Å². The van der Waals surface area contributed by atoms with Gasteiger partial charge >= 0.3 is 5.97 Å². The number of aliphatic hydroxyl groups excluding tert-OH is 1. The van der Waals surface area contributed by atoms with E-state index in [2.05, 4.69) is 4.98 Å². The molecule has 0 spiro atoms. The third-order valence-corrected chi connectivity index (χ3v) is 6.31. The van der Waals surface area contributed by atoms with E-state index in [0.29, 0.717) is 11.3 Å². The quantitative estimate of drug-likeness (QED) is 0.432. The third-order valence-electron chi connectivity index (χ3n) is 5.18. The van der Waals surface area contributed by atoms with Gasteiger partial charge in [0.05, 0.1) is 24.4 Å². The van der Waals surface area contributed by atoms with E-state index < -0.39 is 29.5 Å². The number of ketones is 1. The van der Waals surface area contributed by atoms with Crippen molar-refractivity contribution in [1.82, 2.24) is 4.98 Å². The Morgan fingerprint density at radius 1 is 1.09 bits per heavy atom. The molecule has 2 aromatic carbocycles. The number of carbonyl (C=O) groups is 3. The molecule has 1 unspecified atom stereocenters. The molecule has 0 radical (unpaired) electrons. The molecule has 2 heterocycles. The summed E-state index contributed by atoms with van der Waals surface area (Å²) in [7, 11) is 1.26. The predicted molar refractivity (Wildman–Crippen MR) is 125 cm³/mol. The van der Waals surface area contributed by atoms with E-state index in [4.69, 9.17) is 4.74 Å². The van der Waals surface area contributed by atoms with E-state index in [-0.39, 0.29) is 15.6 Å². The summed E-state index contributed by atoms with van der Waals surface area (Å²) >= 11 is 0.970. The Morgan fingerprint density at radius 3 is 2.36 bits per heavy atom. The number of aliphatic hydroxyl groups is 1. The van der Waals surface area contributed by atoms with Crippen LogP contribution in [0, 0.1) is 6.92 Å². The maximum absolute atomic E-state index is 13.2. The number of rotatable bonds is 6. The summed E-state index contributed by atoms with van der Waals surface area (Å²) < 4.78 is 4.79. The summed E-state index contributed by atoms with van der Waals surface area (Å²) in [6.45, 7) is 1.63. The number of amides is 1. The van der Waals surface area contributed by atoms with Crippen molar-refractivity contribution in [3.63, 3.8) is 0 Å². The van der Waals surface area contributed by atoms with Crippen molar-refractivity contribution in [3.05, 3.63) is 99.8 Å². The predicted octanol–water partition coefficient (Wildman–Crippen LogP) is 4.42. The fourth-order valence-corrected chi connectivity index (χ4v) is 4.61. The van der Waals surface area contributed by atoms with Gasteiger partial charge in [-0.1, -0.05) is 78.1 Å². The van der Waals surface area contributed by atoms with Gasteiger partial charge in [0, 0.05) is 0 Å². The molecule has 0 aliphatic carbocycles. The highest BCUT2D eigenvalue weighted by molar-refractivity contribution is 7.17. The number of thiazole rings is 1. The largest absolute Gasteiger partial charge is 0.503 e. The zero-order valence-corrected chi connectivity index (χ0v) is 18.7. The van der Waals surface area contributed by atoms with E-state index in [9.17, 15) is 19.5 Å². The number of ether oxygens (including phenoxy) is 1. The second-order valence-electron chi connectivity index (χ2n) is 7.26. The number of aryl methyl sites for hydroxylation is 1. The topological polar surface area (TPSA) is 96.8 Å². The number of nitrogens with zero attached hydrogens (tertiary/aromatic N) is 2. The van der Waals surface area contributed by atoms with Crippen LogP contribution in [0.5, 0.6) is 0 Å². The fraction of sp³-hybridized carbons (Fsp3) is 0.120. The zero-order valence-electron chi connectivity index (χ0n) is 17.9. The molecule has 1 aliphatic heterocycles. The Balaban J connectivity index is 1.78. The normalized spacial score (nSPS) is 16.0. The van der Waals surface area contributed by atoms with Crippen LogP contribution in [0.15, 0.2) is 78.1 Å². The minimum absolute atomic E-state index is 0.0501. The summed E-state index contributed by atoms with van der Waals surface area (Å²) in [4.78, 5) is 44.3. The summed E-state index contributed by atoms with van der Waals surface area (Å²) in [5.41, 5.74) is 1.77. The zero-order chi connectivity index (χ0) is 23.5. The van der Waals surface area contributed by atoms with Crippen LogP contribution in [0.3, 0.4) is 0 Å². The molecule has 0 bridgehead atoms. The number of anilines is 1. The highest BCUT2D eigenvalue weighted by atomic mass is 32.1. The lowest BCUT2D eigenvalue weighted by molar-refractivity contribution is -0.117. The molecule has 3 aromatic rings. The highest BCUT2D eigenvalue weighted by Crippen LogP contribution is 2.43. The second kappa shape index (κ2) is 9.22. The van der Waals surface area contributed by atoms with Crippen LogP contribution in [0.2, 0.25) is 0 Å². The Labute approximate surface area is 194 Å². The number of aromatic nitrogens is 1. The first-order valence-corrected chi connectivity index (χ1v) is 10.9. The first-order chi connectivity index (χ1) is 15.9. The van der Waals surface area contributed by atoms with E-state index in [1.165, 1.54) is 18.1 Å². The molecule has 7 nitrogen and oxygen atoms in total. The Morgan fingerprint density at radius 2 is 1.73 bits per heavy atom. The van der Waals surface area contributed by atoms with Crippen LogP contribution in [-0.4, -0.2) is 34.9 Å². The molecule has 0 saturated carbocycles. The van der Waals surface area contributed by atoms with Gasteiger partial charge in [0.25, 0.3) is 5.91 Å². The lowest BCUT2D eigenvalue weighted by atomic mass is 9.96. The molecule has 1 aromatic heterocycles. The molecule has 8 heteroatoms. The molecule has 1 N–H and O–H groups in total. The van der Waals surface area contributed by atoms with E-state index in [1.54, 1.807) is 37.3 Å². The van der Waals surface area contributed by atoms with Gasteiger partial charge in [-0.15, -0.1) is 0 Å². The SMILES string of the molecule is COC(=O)c1sc(N2C(=O)C(O)=C(C(=O)/C=C/c3ccccc3)C2c2ccccc2)nc1C. The summed E-state index contributed by atoms with van der Waals surface area (Å²) in [6.07, 6.45) is 2.96. The molecule has 1 amide bonds. The van der Waals surface area contributed by atoms with Crippen molar-refractivity contribution < 1.29 is 24.2 Å². The Bertz CT molecular complexity index is 1280. The number of benzene rings is 2. The highest BCUT2D eigenvalue weighted by Gasteiger charge is 2.45. The van der Waals surface area contributed by atoms with Crippen molar-refractivity contribution in [3.8, 4) is 0 Å². The first kappa shape index (κ1) is 22.2. The van der Waals surface area contributed by atoms with Gasteiger partial charge in [-0.2, -0.15) is 0 Å². The standard InChI is InChI=1S/C25H20N2O5S/c1-15-22(24(31)32-2)33-25(26-15)27-20(17-11-7-4-8-12-17)19(21(29)23(27)30)18(28)14-13-16-9-5-3-6-10-16/h3-14,20,29H,1-2H3/b14-13+. The number of esters is 1. The summed E-state index contributed by atoms with van der Waals surface area (Å²) in [6, 6.07) is 17.2. The number of hydrogen-bond acceptors (Lipinski definition) is 7. The van der Waals surface area contributed by atoms with E-state index >= 15 is 0 Å². The monoisotopic (exact) mass is 460 g/mol. The van der Waals surface area contributed by atoms with Gasteiger partial charge in [-0.25, -0.2) is 9.78 Å². The Hall–Kier alpha value is -4.04. The van der Waals surface area contributed by atoms with Crippen LogP contribution in [0.1, 0.15) is 32.5 Å². The molecule has 1 atom stereocenters. The van der Waals surface area contributed by atoms with Crippen molar-refractivity contribution >= 4 is 40.2 Å². The average Bonchev–Trinajstić information content (AvgIpc) is 3.35. The van der Waals surface area contributed by atoms with Gasteiger partial charge < -0.3 is 9.84 Å².